The Morgan fingerprint density at radius 1 is 0.903 bits per heavy atom. The second-order valence-corrected chi connectivity index (χ2v) is 7.67. The molecule has 0 aliphatic heterocycles. The van der Waals surface area contributed by atoms with E-state index in [0.29, 0.717) is 19.6 Å². The van der Waals surface area contributed by atoms with Crippen molar-refractivity contribution in [3.63, 3.8) is 0 Å². The zero-order valence-electron chi connectivity index (χ0n) is 20.5. The second-order valence-electron chi connectivity index (χ2n) is 7.67. The van der Waals surface area contributed by atoms with Gasteiger partial charge in [0.2, 0.25) is 0 Å². The summed E-state index contributed by atoms with van der Waals surface area (Å²) in [6.45, 7) is 7.61. The van der Waals surface area contributed by atoms with Crippen LogP contribution in [0.1, 0.15) is 104 Å². The lowest BCUT2D eigenvalue weighted by Gasteiger charge is -2.07. The first-order valence-corrected chi connectivity index (χ1v) is 12.1. The fourth-order valence-electron chi connectivity index (χ4n) is 2.86. The van der Waals surface area contributed by atoms with E-state index in [4.69, 9.17) is 9.47 Å². The Morgan fingerprint density at radius 2 is 1.58 bits per heavy atom. The van der Waals surface area contributed by atoms with Gasteiger partial charge in [0.25, 0.3) is 0 Å². The molecule has 0 aromatic rings. The summed E-state index contributed by atoms with van der Waals surface area (Å²) >= 11 is 0. The van der Waals surface area contributed by atoms with Crippen LogP contribution < -0.4 is 0 Å². The number of allylic oxidation sites excluding steroid dienone is 1. The van der Waals surface area contributed by atoms with Crippen LogP contribution in [-0.4, -0.2) is 50.1 Å². The van der Waals surface area contributed by atoms with E-state index in [1.807, 2.05) is 6.92 Å². The fourth-order valence-corrected chi connectivity index (χ4v) is 2.86. The Balaban J connectivity index is 0. The number of unbranched alkanes of at least 4 members (excludes halogenated alkanes) is 8. The van der Waals surface area contributed by atoms with Crippen molar-refractivity contribution in [3.8, 4) is 0 Å². The highest BCUT2D eigenvalue weighted by molar-refractivity contribution is 5.83. The van der Waals surface area contributed by atoms with E-state index < -0.39 is 11.9 Å². The Morgan fingerprint density at radius 3 is 2.23 bits per heavy atom. The summed E-state index contributed by atoms with van der Waals surface area (Å²) in [4.78, 5) is 21.7. The number of esters is 2. The van der Waals surface area contributed by atoms with Crippen molar-refractivity contribution in [2.24, 2.45) is 0 Å². The van der Waals surface area contributed by atoms with Crippen LogP contribution in [0.4, 0.5) is 0 Å². The quantitative estimate of drug-likeness (QED) is 0.118. The monoisotopic (exact) mass is 444 g/mol. The Kier molecular flexibility index (Phi) is 27.6. The third-order valence-corrected chi connectivity index (χ3v) is 4.61. The molecule has 0 rings (SSSR count). The maximum Gasteiger partial charge on any atom is 0.313 e. The maximum atomic E-state index is 11.1. The number of ether oxygens (including phenoxy) is 3. The number of rotatable bonds is 19. The van der Waals surface area contributed by atoms with Crippen LogP contribution >= 0.6 is 0 Å². The summed E-state index contributed by atoms with van der Waals surface area (Å²) in [6, 6.07) is 0. The van der Waals surface area contributed by atoms with Gasteiger partial charge in [0.05, 0.1) is 19.3 Å². The van der Waals surface area contributed by atoms with Gasteiger partial charge in [-0.3, -0.25) is 9.59 Å². The zero-order chi connectivity index (χ0) is 23.6. The summed E-state index contributed by atoms with van der Waals surface area (Å²) in [5, 5.41) is 9.84. The lowest BCUT2D eigenvalue weighted by molar-refractivity contribution is -0.158. The van der Waals surface area contributed by atoms with E-state index in [1.165, 1.54) is 26.2 Å². The minimum Gasteiger partial charge on any atom is -0.393 e. The predicted molar refractivity (Wildman–Crippen MR) is 126 cm³/mol. The molecule has 0 saturated heterocycles. The molecule has 0 saturated carbocycles. The van der Waals surface area contributed by atoms with Crippen LogP contribution in [0.5, 0.6) is 0 Å². The van der Waals surface area contributed by atoms with Crippen LogP contribution in [0.25, 0.3) is 0 Å². The van der Waals surface area contributed by atoms with E-state index in [9.17, 15) is 14.7 Å². The third-order valence-electron chi connectivity index (χ3n) is 4.61. The minimum absolute atomic E-state index is 0.187. The lowest BCUT2D eigenvalue weighted by atomic mass is 10.1. The Labute approximate surface area is 190 Å². The fraction of sp³-hybridized carbons (Fsp3) is 0.840. The highest BCUT2D eigenvalue weighted by Crippen LogP contribution is 2.10. The van der Waals surface area contributed by atoms with E-state index in [0.717, 1.165) is 64.4 Å². The molecule has 6 nitrogen and oxygen atoms in total. The standard InChI is InChI=1S/C20H36O4.C5H12O2/c1-3-4-5-12-15-19(22)16-13-10-8-6-7-9-11-14-17-20(23)24-18(2)21;1-3-7-5-4-6-2/h10,13,19,22H,3-9,11-12,14-17H2,1-2H3;3-5H2,1-2H3/b13-10-;/t19-;/m1./s1. The van der Waals surface area contributed by atoms with Crippen LogP contribution in [0.15, 0.2) is 12.2 Å². The van der Waals surface area contributed by atoms with Gasteiger partial charge in [-0.2, -0.15) is 0 Å². The molecular weight excluding hydrogens is 396 g/mol. The number of aliphatic hydroxyl groups is 1. The summed E-state index contributed by atoms with van der Waals surface area (Å²) in [6.07, 6.45) is 17.2. The van der Waals surface area contributed by atoms with Gasteiger partial charge in [-0.05, 0) is 39.0 Å². The van der Waals surface area contributed by atoms with Gasteiger partial charge in [0.1, 0.15) is 0 Å². The topological polar surface area (TPSA) is 82.1 Å². The summed E-state index contributed by atoms with van der Waals surface area (Å²) in [7, 11) is 1.67. The van der Waals surface area contributed by atoms with Crippen molar-refractivity contribution >= 4 is 11.9 Å². The van der Waals surface area contributed by atoms with E-state index >= 15 is 0 Å². The van der Waals surface area contributed by atoms with Crippen molar-refractivity contribution in [2.75, 3.05) is 26.9 Å². The van der Waals surface area contributed by atoms with Crippen molar-refractivity contribution < 1.29 is 28.9 Å². The lowest BCUT2D eigenvalue weighted by Crippen LogP contribution is -2.08. The van der Waals surface area contributed by atoms with Crippen molar-refractivity contribution in [1.29, 1.82) is 0 Å². The van der Waals surface area contributed by atoms with Gasteiger partial charge in [-0.1, -0.05) is 64.0 Å². The molecule has 1 atom stereocenters. The molecule has 31 heavy (non-hydrogen) atoms. The molecule has 0 heterocycles. The third kappa shape index (κ3) is 31.0. The highest BCUT2D eigenvalue weighted by Gasteiger charge is 2.05. The molecule has 0 aliphatic carbocycles. The first-order valence-electron chi connectivity index (χ1n) is 12.1. The first-order chi connectivity index (χ1) is 15.0. The molecule has 0 aromatic heterocycles. The van der Waals surface area contributed by atoms with E-state index in [1.54, 1.807) is 7.11 Å². The van der Waals surface area contributed by atoms with Crippen LogP contribution in [-0.2, 0) is 23.8 Å². The summed E-state index contributed by atoms with van der Waals surface area (Å²) in [5.41, 5.74) is 0. The van der Waals surface area contributed by atoms with Crippen LogP contribution in [0.2, 0.25) is 0 Å². The second kappa shape index (κ2) is 26.8. The van der Waals surface area contributed by atoms with Crippen molar-refractivity contribution in [1.82, 2.24) is 0 Å². The average Bonchev–Trinajstić information content (AvgIpc) is 2.73. The Bertz CT molecular complexity index is 418. The minimum atomic E-state index is -0.530. The van der Waals surface area contributed by atoms with Gasteiger partial charge in [0.15, 0.2) is 0 Å². The van der Waals surface area contributed by atoms with E-state index in [-0.39, 0.29) is 6.10 Å². The number of methoxy groups -OCH3 is 1. The van der Waals surface area contributed by atoms with Gasteiger partial charge in [-0.25, -0.2) is 0 Å². The largest absolute Gasteiger partial charge is 0.393 e. The maximum absolute atomic E-state index is 11.1. The van der Waals surface area contributed by atoms with Gasteiger partial charge in [-0.15, -0.1) is 0 Å². The highest BCUT2D eigenvalue weighted by atomic mass is 16.6. The molecule has 0 bridgehead atoms. The summed E-state index contributed by atoms with van der Waals surface area (Å²) in [5.74, 6) is -0.948. The van der Waals surface area contributed by atoms with Crippen LogP contribution in [0, 0.1) is 0 Å². The van der Waals surface area contributed by atoms with E-state index in [2.05, 4.69) is 23.8 Å². The SMILES string of the molecule is CCCCCC[C@@H](O)C/C=C\CCCCCCCC(=O)OC(C)=O.CCOCCOC. The predicted octanol–water partition coefficient (Wildman–Crippen LogP) is 5.75. The smallest absolute Gasteiger partial charge is 0.313 e. The number of carbonyl (C=O) groups is 2. The van der Waals surface area contributed by atoms with Gasteiger partial charge < -0.3 is 19.3 Å². The number of hydrogen-bond acceptors (Lipinski definition) is 6. The molecule has 1 N–H and O–H groups in total. The number of carbonyl (C=O) groups excluding carboxylic acids is 2. The molecule has 0 aromatic carbocycles. The number of hydrogen-bond donors (Lipinski definition) is 1. The molecule has 6 heteroatoms. The molecule has 184 valence electrons. The molecule has 0 radical (unpaired) electrons. The molecule has 0 unspecified atom stereocenters. The van der Waals surface area contributed by atoms with Crippen molar-refractivity contribution in [2.45, 2.75) is 110 Å². The summed E-state index contributed by atoms with van der Waals surface area (Å²) < 4.78 is 14.1. The first kappa shape index (κ1) is 31.9. The van der Waals surface area contributed by atoms with Crippen molar-refractivity contribution in [3.05, 3.63) is 12.2 Å². The molecule has 0 amide bonds. The van der Waals surface area contributed by atoms with Crippen LogP contribution in [0.3, 0.4) is 0 Å². The average molecular weight is 445 g/mol. The number of aliphatic hydroxyl groups excluding tert-OH is 1. The van der Waals surface area contributed by atoms with Gasteiger partial charge >= 0.3 is 11.9 Å². The molecule has 0 spiro atoms. The Hall–Kier alpha value is -1.24. The normalized spacial score (nSPS) is 11.8. The van der Waals surface area contributed by atoms with Gasteiger partial charge in [0, 0.05) is 27.1 Å². The molecular formula is C25H48O6. The molecule has 0 aliphatic rings. The molecule has 0 fully saturated rings. The zero-order valence-corrected chi connectivity index (χ0v) is 20.5.